The molecule has 0 fully saturated rings. The van der Waals surface area contributed by atoms with Crippen LogP contribution >= 0.6 is 0 Å². The van der Waals surface area contributed by atoms with Crippen molar-refractivity contribution in [1.82, 2.24) is 4.98 Å². The second-order valence-corrected chi connectivity index (χ2v) is 6.19. The summed E-state index contributed by atoms with van der Waals surface area (Å²) in [5, 5.41) is 12.1. The number of fused-ring (bicyclic) bond motifs is 1. The number of pyridine rings is 1. The Morgan fingerprint density at radius 2 is 1.53 bits per heavy atom. The van der Waals surface area contributed by atoms with Gasteiger partial charge in [0.15, 0.2) is 0 Å². The summed E-state index contributed by atoms with van der Waals surface area (Å²) in [6.45, 7) is 0. The lowest BCUT2D eigenvalue weighted by atomic mass is 10.2. The highest BCUT2D eigenvalue weighted by atomic mass is 19.1. The first kappa shape index (κ1) is 20.7. The summed E-state index contributed by atoms with van der Waals surface area (Å²) in [4.78, 5) is 15.2. The maximum Gasteiger partial charge on any atom is 0.248 e. The zero-order chi connectivity index (χ0) is 21.3. The topological polar surface area (TPSA) is 62.2 Å². The number of amides is 1. The van der Waals surface area contributed by atoms with Crippen molar-refractivity contribution in [2.24, 2.45) is 0 Å². The number of nitrogens with zero attached hydrogens (tertiary/aromatic N) is 1. The number of rotatable bonds is 3. The van der Waals surface area contributed by atoms with Crippen molar-refractivity contribution < 1.29 is 18.7 Å². The van der Waals surface area contributed by atoms with Gasteiger partial charge in [-0.2, -0.15) is 0 Å². The molecule has 0 spiro atoms. The molecule has 4 aromatic rings. The van der Waals surface area contributed by atoms with E-state index in [2.05, 4.69) is 10.3 Å². The Bertz CT molecular complexity index is 1180. The number of aromatic hydroxyl groups is 1. The van der Waals surface area contributed by atoms with Crippen LogP contribution in [0.4, 0.5) is 14.5 Å². The maximum absolute atomic E-state index is 13.3. The molecule has 0 saturated carbocycles. The maximum atomic E-state index is 13.3. The molecule has 4 rings (SSSR count). The van der Waals surface area contributed by atoms with E-state index >= 15 is 0 Å². The third-order valence-electron chi connectivity index (χ3n) is 4.01. The van der Waals surface area contributed by atoms with E-state index in [0.717, 1.165) is 5.56 Å². The molecule has 1 amide bonds. The molecule has 150 valence electrons. The molecule has 30 heavy (non-hydrogen) atoms. The van der Waals surface area contributed by atoms with Gasteiger partial charge in [-0.3, -0.25) is 4.79 Å². The van der Waals surface area contributed by atoms with Gasteiger partial charge in [0.25, 0.3) is 0 Å². The summed E-state index contributed by atoms with van der Waals surface area (Å²) in [6.07, 6.45) is 3.05. The first-order valence-electron chi connectivity index (χ1n) is 9.06. The Hall–Kier alpha value is -4.06. The Morgan fingerprint density at radius 1 is 0.833 bits per heavy atom. The van der Waals surface area contributed by atoms with Crippen LogP contribution < -0.4 is 5.32 Å². The fraction of sp³-hybridized carbons (Fsp3) is 0. The molecule has 0 aliphatic carbocycles. The number of carbonyl (C=O) groups is 1. The van der Waals surface area contributed by atoms with Crippen LogP contribution in [0.15, 0.2) is 91.0 Å². The highest BCUT2D eigenvalue weighted by Gasteiger charge is 2.03. The number of halogens is 2. The molecule has 6 heteroatoms. The molecule has 0 aliphatic heterocycles. The second-order valence-electron chi connectivity index (χ2n) is 6.19. The van der Waals surface area contributed by atoms with Gasteiger partial charge in [-0.15, -0.1) is 0 Å². The molecule has 0 aliphatic rings. The summed E-state index contributed by atoms with van der Waals surface area (Å²) in [5.74, 6) is -1.38. The van der Waals surface area contributed by atoms with Crippen molar-refractivity contribution in [1.29, 1.82) is 0 Å². The number of carbonyl (C=O) groups excluding carboxylic acids is 1. The fourth-order valence-corrected chi connectivity index (χ4v) is 2.57. The normalized spacial score (nSPS) is 10.5. The minimum Gasteiger partial charge on any atom is -0.493 e. The first-order chi connectivity index (χ1) is 14.5. The van der Waals surface area contributed by atoms with Crippen LogP contribution in [0.3, 0.4) is 0 Å². The van der Waals surface area contributed by atoms with Crippen LogP contribution in [0.1, 0.15) is 5.56 Å². The third kappa shape index (κ3) is 5.72. The molecule has 0 radical (unpaired) electrons. The smallest absolute Gasteiger partial charge is 0.248 e. The Labute approximate surface area is 172 Å². The summed E-state index contributed by atoms with van der Waals surface area (Å²) in [7, 11) is 0. The number of hydrogen-bond acceptors (Lipinski definition) is 3. The number of benzene rings is 3. The Morgan fingerprint density at radius 3 is 2.30 bits per heavy atom. The molecule has 0 unspecified atom stereocenters. The highest BCUT2D eigenvalue weighted by Crippen LogP contribution is 2.18. The van der Waals surface area contributed by atoms with Crippen LogP contribution in [-0.4, -0.2) is 16.0 Å². The van der Waals surface area contributed by atoms with E-state index < -0.39 is 11.6 Å². The van der Waals surface area contributed by atoms with Gasteiger partial charge in [0.05, 0.1) is 5.69 Å². The van der Waals surface area contributed by atoms with E-state index in [1.165, 1.54) is 30.3 Å². The van der Waals surface area contributed by atoms with Gasteiger partial charge < -0.3 is 10.4 Å². The second kappa shape index (κ2) is 9.93. The average Bonchev–Trinajstić information content (AvgIpc) is 2.76. The van der Waals surface area contributed by atoms with E-state index in [0.29, 0.717) is 5.39 Å². The van der Waals surface area contributed by atoms with Crippen molar-refractivity contribution in [2.75, 3.05) is 5.32 Å². The fourth-order valence-electron chi connectivity index (χ4n) is 2.57. The zero-order valence-corrected chi connectivity index (χ0v) is 15.8. The number of nitrogens with one attached hydrogen (secondary N) is 1. The average molecular weight is 404 g/mol. The largest absolute Gasteiger partial charge is 0.493 e. The number of aromatic nitrogens is 1. The summed E-state index contributed by atoms with van der Waals surface area (Å²) < 4.78 is 26.3. The van der Waals surface area contributed by atoms with Crippen molar-refractivity contribution in [3.8, 4) is 5.88 Å². The number of anilines is 1. The lowest BCUT2D eigenvalue weighted by Gasteiger charge is -2.02. The molecule has 3 aromatic carbocycles. The predicted octanol–water partition coefficient (Wildman–Crippen LogP) is 5.56. The van der Waals surface area contributed by atoms with E-state index in [4.69, 9.17) is 5.11 Å². The van der Waals surface area contributed by atoms with Gasteiger partial charge in [0.1, 0.15) is 17.2 Å². The molecule has 0 atom stereocenters. The lowest BCUT2D eigenvalue weighted by molar-refractivity contribution is -0.111. The summed E-state index contributed by atoms with van der Waals surface area (Å²) in [6, 6.07) is 23.2. The molecule has 0 bridgehead atoms. The van der Waals surface area contributed by atoms with Crippen LogP contribution in [0.2, 0.25) is 0 Å². The summed E-state index contributed by atoms with van der Waals surface area (Å²) >= 11 is 0. The van der Waals surface area contributed by atoms with Gasteiger partial charge in [-0.25, -0.2) is 13.8 Å². The van der Waals surface area contributed by atoms with E-state index in [1.807, 2.05) is 30.3 Å². The SMILES string of the molecule is O=C(C=Cc1ccccc1)Nc1ccccc1F.Oc1ccc2cccc(F)c2n1. The monoisotopic (exact) mass is 404 g/mol. The minimum atomic E-state index is -0.445. The molecule has 4 nitrogen and oxygen atoms in total. The Kier molecular flexibility index (Phi) is 6.84. The quantitative estimate of drug-likeness (QED) is 0.440. The van der Waals surface area contributed by atoms with Crippen molar-refractivity contribution in [2.45, 2.75) is 0 Å². The molecular formula is C24H18F2N2O2. The standard InChI is InChI=1S/C15H12FNO.C9H6FNO/c16-13-8-4-5-9-14(13)17-15(18)11-10-12-6-2-1-3-7-12;10-7-3-1-2-6-4-5-8(12)11-9(6)7/h1-11H,(H,17,18);1-5H,(H,11,12). The molecule has 1 aromatic heterocycles. The number of para-hydroxylation sites is 2. The zero-order valence-electron chi connectivity index (χ0n) is 15.8. The molecule has 1 heterocycles. The Balaban J connectivity index is 0.000000184. The van der Waals surface area contributed by atoms with Crippen LogP contribution in [0.25, 0.3) is 17.0 Å². The van der Waals surface area contributed by atoms with E-state index in [1.54, 1.807) is 36.4 Å². The van der Waals surface area contributed by atoms with E-state index in [-0.39, 0.29) is 23.0 Å². The predicted molar refractivity (Wildman–Crippen MR) is 114 cm³/mol. The molecule has 2 N–H and O–H groups in total. The van der Waals surface area contributed by atoms with Crippen LogP contribution in [0.5, 0.6) is 5.88 Å². The van der Waals surface area contributed by atoms with E-state index in [9.17, 15) is 13.6 Å². The summed E-state index contributed by atoms with van der Waals surface area (Å²) in [5.41, 5.74) is 1.30. The van der Waals surface area contributed by atoms with Gasteiger partial charge in [0, 0.05) is 17.5 Å². The third-order valence-corrected chi connectivity index (χ3v) is 4.01. The number of hydrogen-bond donors (Lipinski definition) is 2. The molecular weight excluding hydrogens is 386 g/mol. The van der Waals surface area contributed by atoms with Crippen LogP contribution in [-0.2, 0) is 4.79 Å². The van der Waals surface area contributed by atoms with Crippen LogP contribution in [0, 0.1) is 11.6 Å². The minimum absolute atomic E-state index is 0.160. The van der Waals surface area contributed by atoms with Gasteiger partial charge in [-0.05, 0) is 35.9 Å². The van der Waals surface area contributed by atoms with Crippen molar-refractivity contribution in [3.63, 3.8) is 0 Å². The molecule has 0 saturated heterocycles. The van der Waals surface area contributed by atoms with Crippen molar-refractivity contribution in [3.05, 3.63) is 108 Å². The van der Waals surface area contributed by atoms with Gasteiger partial charge in [-0.1, -0.05) is 54.6 Å². The lowest BCUT2D eigenvalue weighted by Crippen LogP contribution is -2.08. The van der Waals surface area contributed by atoms with Crippen molar-refractivity contribution >= 4 is 28.6 Å². The van der Waals surface area contributed by atoms with Gasteiger partial charge >= 0.3 is 0 Å². The first-order valence-corrected chi connectivity index (χ1v) is 9.06. The van der Waals surface area contributed by atoms with Gasteiger partial charge in [0.2, 0.25) is 11.8 Å². The highest BCUT2D eigenvalue weighted by molar-refractivity contribution is 6.01.